The fourth-order valence-corrected chi connectivity index (χ4v) is 5.08. The van der Waals surface area contributed by atoms with Crippen molar-refractivity contribution in [3.63, 3.8) is 0 Å². The van der Waals surface area contributed by atoms with E-state index in [-0.39, 0.29) is 12.3 Å². The molecule has 3 aliphatic rings. The number of piperazine rings is 1. The molecule has 6 nitrogen and oxygen atoms in total. The van der Waals surface area contributed by atoms with Crippen LogP contribution in [0.4, 0.5) is 10.3 Å². The Labute approximate surface area is 193 Å². The molecule has 2 aromatic rings. The number of carbonyl (C=O) groups excluding carboxylic acids is 1. The number of hydrogen-bond acceptors (Lipinski definition) is 5. The molecule has 32 heavy (non-hydrogen) atoms. The number of anilines is 1. The Hall–Kier alpha value is -2.25. The van der Waals surface area contributed by atoms with Crippen molar-refractivity contribution in [1.82, 2.24) is 19.8 Å². The Bertz CT molecular complexity index is 990. The highest BCUT2D eigenvalue weighted by molar-refractivity contribution is 6.31. The van der Waals surface area contributed by atoms with Gasteiger partial charge in [0, 0.05) is 63.0 Å². The maximum atomic E-state index is 13.3. The number of carbonyl (C=O) groups is 1. The molecule has 1 saturated heterocycles. The SMILES string of the molecule is O=C(Cc1ccc(F)cc1Cl)N1CCc2cnc(N3CCN(C4CCC4)CC3)nc2CC1. The molecule has 1 aromatic heterocycles. The van der Waals surface area contributed by atoms with Crippen molar-refractivity contribution < 1.29 is 9.18 Å². The van der Waals surface area contributed by atoms with Crippen molar-refractivity contribution in [3.05, 3.63) is 52.1 Å². The lowest BCUT2D eigenvalue weighted by Crippen LogP contribution is -2.52. The zero-order chi connectivity index (χ0) is 22.1. The molecule has 1 aliphatic carbocycles. The molecule has 3 heterocycles. The maximum absolute atomic E-state index is 13.3. The average Bonchev–Trinajstić information content (AvgIpc) is 2.97. The van der Waals surface area contributed by atoms with Crippen molar-refractivity contribution in [2.45, 2.75) is 44.6 Å². The zero-order valence-corrected chi connectivity index (χ0v) is 19.0. The van der Waals surface area contributed by atoms with Crippen molar-refractivity contribution >= 4 is 23.5 Å². The lowest BCUT2D eigenvalue weighted by atomic mass is 9.91. The molecule has 0 spiro atoms. The molecule has 1 amide bonds. The predicted molar refractivity (Wildman–Crippen MR) is 123 cm³/mol. The Morgan fingerprint density at radius 3 is 2.59 bits per heavy atom. The van der Waals surface area contributed by atoms with Gasteiger partial charge in [0.1, 0.15) is 5.82 Å². The van der Waals surface area contributed by atoms with E-state index in [1.807, 2.05) is 11.1 Å². The van der Waals surface area contributed by atoms with E-state index in [0.717, 1.165) is 62.3 Å². The van der Waals surface area contributed by atoms with Crippen LogP contribution in [0, 0.1) is 5.82 Å². The average molecular weight is 458 g/mol. The number of halogens is 2. The molecule has 8 heteroatoms. The number of benzene rings is 1. The lowest BCUT2D eigenvalue weighted by Gasteiger charge is -2.43. The second-order valence-corrected chi connectivity index (χ2v) is 9.45. The van der Waals surface area contributed by atoms with Crippen LogP contribution in [-0.4, -0.2) is 71.0 Å². The Kier molecular flexibility index (Phi) is 6.28. The van der Waals surface area contributed by atoms with E-state index >= 15 is 0 Å². The van der Waals surface area contributed by atoms with Gasteiger partial charge in [0.05, 0.1) is 12.1 Å². The van der Waals surface area contributed by atoms with Crippen LogP contribution >= 0.6 is 11.6 Å². The zero-order valence-electron chi connectivity index (χ0n) is 18.3. The minimum Gasteiger partial charge on any atom is -0.342 e. The predicted octanol–water partition coefficient (Wildman–Crippen LogP) is 3.11. The van der Waals surface area contributed by atoms with Gasteiger partial charge in [0.2, 0.25) is 11.9 Å². The fourth-order valence-electron chi connectivity index (χ4n) is 4.85. The molecular weight excluding hydrogens is 429 g/mol. The quantitative estimate of drug-likeness (QED) is 0.706. The summed E-state index contributed by atoms with van der Waals surface area (Å²) < 4.78 is 13.3. The summed E-state index contributed by atoms with van der Waals surface area (Å²) in [5, 5.41) is 0.296. The minimum atomic E-state index is -0.393. The van der Waals surface area contributed by atoms with Gasteiger partial charge < -0.3 is 9.80 Å². The Balaban J connectivity index is 1.20. The molecular formula is C24H29ClFN5O. The largest absolute Gasteiger partial charge is 0.342 e. The molecule has 0 bridgehead atoms. The molecule has 2 aliphatic heterocycles. The van der Waals surface area contributed by atoms with Crippen molar-refractivity contribution in [2.75, 3.05) is 44.2 Å². The molecule has 170 valence electrons. The monoisotopic (exact) mass is 457 g/mol. The highest BCUT2D eigenvalue weighted by atomic mass is 35.5. The number of amides is 1. The van der Waals surface area contributed by atoms with E-state index in [1.165, 1.54) is 31.4 Å². The van der Waals surface area contributed by atoms with Crippen LogP contribution in [0.15, 0.2) is 24.4 Å². The van der Waals surface area contributed by atoms with E-state index in [0.29, 0.717) is 23.7 Å². The normalized spacial score (nSPS) is 19.9. The summed E-state index contributed by atoms with van der Waals surface area (Å²) in [6.07, 6.45) is 7.65. The number of nitrogens with zero attached hydrogens (tertiary/aromatic N) is 5. The van der Waals surface area contributed by atoms with Crippen molar-refractivity contribution in [2.24, 2.45) is 0 Å². The van der Waals surface area contributed by atoms with Crippen LogP contribution in [0.1, 0.15) is 36.1 Å². The van der Waals surface area contributed by atoms with Gasteiger partial charge in [-0.3, -0.25) is 9.69 Å². The molecule has 5 rings (SSSR count). The molecule has 0 atom stereocenters. The maximum Gasteiger partial charge on any atom is 0.227 e. The van der Waals surface area contributed by atoms with Gasteiger partial charge in [-0.1, -0.05) is 24.1 Å². The lowest BCUT2D eigenvalue weighted by molar-refractivity contribution is -0.130. The van der Waals surface area contributed by atoms with Gasteiger partial charge in [-0.05, 0) is 42.5 Å². The molecule has 0 unspecified atom stereocenters. The summed E-state index contributed by atoms with van der Waals surface area (Å²) in [5.41, 5.74) is 2.83. The van der Waals surface area contributed by atoms with Gasteiger partial charge in [0.25, 0.3) is 0 Å². The number of fused-ring (bicyclic) bond motifs is 1. The minimum absolute atomic E-state index is 0.00612. The summed E-state index contributed by atoms with van der Waals surface area (Å²) in [6, 6.07) is 4.98. The van der Waals surface area contributed by atoms with Gasteiger partial charge >= 0.3 is 0 Å². The second kappa shape index (κ2) is 9.32. The summed E-state index contributed by atoms with van der Waals surface area (Å²) in [4.78, 5) is 29.2. The fraction of sp³-hybridized carbons (Fsp3) is 0.542. The molecule has 1 aromatic carbocycles. The van der Waals surface area contributed by atoms with E-state index in [1.54, 1.807) is 6.07 Å². The van der Waals surface area contributed by atoms with E-state index in [9.17, 15) is 9.18 Å². The smallest absolute Gasteiger partial charge is 0.227 e. The number of hydrogen-bond donors (Lipinski definition) is 0. The summed E-state index contributed by atoms with van der Waals surface area (Å²) >= 11 is 6.11. The Morgan fingerprint density at radius 2 is 1.88 bits per heavy atom. The highest BCUT2D eigenvalue weighted by Gasteiger charge is 2.29. The van der Waals surface area contributed by atoms with E-state index < -0.39 is 5.82 Å². The van der Waals surface area contributed by atoms with Gasteiger partial charge in [-0.25, -0.2) is 14.4 Å². The van der Waals surface area contributed by atoms with E-state index in [2.05, 4.69) is 14.8 Å². The third kappa shape index (κ3) is 4.59. The Morgan fingerprint density at radius 1 is 1.09 bits per heavy atom. The molecule has 0 radical (unpaired) electrons. The number of aromatic nitrogens is 2. The topological polar surface area (TPSA) is 52.6 Å². The van der Waals surface area contributed by atoms with Crippen LogP contribution in [-0.2, 0) is 24.1 Å². The third-order valence-electron chi connectivity index (χ3n) is 7.11. The first-order valence-electron chi connectivity index (χ1n) is 11.6. The summed E-state index contributed by atoms with van der Waals surface area (Å²) in [5.74, 6) is 0.428. The highest BCUT2D eigenvalue weighted by Crippen LogP contribution is 2.26. The van der Waals surface area contributed by atoms with Crippen molar-refractivity contribution in [1.29, 1.82) is 0 Å². The first kappa shape index (κ1) is 21.6. The first-order chi connectivity index (χ1) is 15.6. The number of rotatable bonds is 4. The van der Waals surface area contributed by atoms with Crippen LogP contribution in [0.3, 0.4) is 0 Å². The standard InChI is InChI=1S/C24H29ClFN5O/c25-21-15-19(26)5-4-17(21)14-23(32)30-8-6-18-16-27-24(28-22(18)7-9-30)31-12-10-29(11-13-31)20-2-1-3-20/h4-5,15-16,20H,1-3,6-14H2. The second-order valence-electron chi connectivity index (χ2n) is 9.04. The molecule has 1 saturated carbocycles. The molecule has 2 fully saturated rings. The van der Waals surface area contributed by atoms with Crippen molar-refractivity contribution in [3.8, 4) is 0 Å². The van der Waals surface area contributed by atoms with Crippen LogP contribution < -0.4 is 4.90 Å². The summed E-state index contributed by atoms with van der Waals surface area (Å²) in [6.45, 7) is 5.36. The third-order valence-corrected chi connectivity index (χ3v) is 7.46. The van der Waals surface area contributed by atoms with Crippen LogP contribution in [0.25, 0.3) is 0 Å². The van der Waals surface area contributed by atoms with Gasteiger partial charge in [-0.2, -0.15) is 0 Å². The van der Waals surface area contributed by atoms with Gasteiger partial charge in [0.15, 0.2) is 0 Å². The van der Waals surface area contributed by atoms with E-state index in [4.69, 9.17) is 16.6 Å². The molecule has 0 N–H and O–H groups in total. The van der Waals surface area contributed by atoms with Crippen LogP contribution in [0.5, 0.6) is 0 Å². The summed E-state index contributed by atoms with van der Waals surface area (Å²) in [7, 11) is 0. The van der Waals surface area contributed by atoms with Gasteiger partial charge in [-0.15, -0.1) is 0 Å². The van der Waals surface area contributed by atoms with Crippen LogP contribution in [0.2, 0.25) is 5.02 Å². The first-order valence-corrected chi connectivity index (χ1v) is 12.0.